The molecule has 4 nitrogen and oxygen atoms in total. The molecule has 1 saturated carbocycles. The van der Waals surface area contributed by atoms with E-state index in [9.17, 15) is 4.79 Å². The van der Waals surface area contributed by atoms with Crippen molar-refractivity contribution in [3.63, 3.8) is 0 Å². The first-order valence-electron chi connectivity index (χ1n) is 9.22. The van der Waals surface area contributed by atoms with E-state index in [-0.39, 0.29) is 5.91 Å². The van der Waals surface area contributed by atoms with Gasteiger partial charge in [-0.2, -0.15) is 5.10 Å². The fourth-order valence-electron chi connectivity index (χ4n) is 3.36. The lowest BCUT2D eigenvalue weighted by Gasteiger charge is -2.13. The Morgan fingerprint density at radius 1 is 1.08 bits per heavy atom. The maximum atomic E-state index is 12.3. The van der Waals surface area contributed by atoms with E-state index in [1.54, 1.807) is 12.1 Å². The largest absolute Gasteiger partial charge is 0.490 e. The molecule has 0 saturated heterocycles. The van der Waals surface area contributed by atoms with Gasteiger partial charge in [0.05, 0.1) is 11.8 Å². The van der Waals surface area contributed by atoms with Crippen molar-refractivity contribution in [2.45, 2.75) is 52.6 Å². The van der Waals surface area contributed by atoms with Crippen molar-refractivity contribution in [2.75, 3.05) is 0 Å². The Morgan fingerprint density at radius 3 is 2.42 bits per heavy atom. The summed E-state index contributed by atoms with van der Waals surface area (Å²) in [4.78, 5) is 12.3. The van der Waals surface area contributed by atoms with Crippen molar-refractivity contribution >= 4 is 11.6 Å². The van der Waals surface area contributed by atoms with E-state index in [1.165, 1.54) is 18.4 Å². The predicted molar refractivity (Wildman–Crippen MR) is 105 cm³/mol. The maximum absolute atomic E-state index is 12.3. The molecule has 0 unspecified atom stereocenters. The molecule has 136 valence electrons. The molecule has 1 amide bonds. The minimum absolute atomic E-state index is 0.221. The molecule has 4 heteroatoms. The fourth-order valence-corrected chi connectivity index (χ4v) is 3.36. The van der Waals surface area contributed by atoms with Crippen LogP contribution in [0.5, 0.6) is 5.75 Å². The zero-order valence-corrected chi connectivity index (χ0v) is 15.7. The number of hydrogen-bond acceptors (Lipinski definition) is 3. The second-order valence-corrected chi connectivity index (χ2v) is 7.01. The van der Waals surface area contributed by atoms with E-state index in [0.717, 1.165) is 35.4 Å². The zero-order valence-electron chi connectivity index (χ0n) is 15.7. The maximum Gasteiger partial charge on any atom is 0.271 e. The van der Waals surface area contributed by atoms with Gasteiger partial charge in [-0.3, -0.25) is 4.79 Å². The highest BCUT2D eigenvalue weighted by molar-refractivity contribution is 6.01. The van der Waals surface area contributed by atoms with Gasteiger partial charge in [-0.05, 0) is 76.3 Å². The average Bonchev–Trinajstić information content (AvgIpc) is 3.13. The minimum atomic E-state index is -0.221. The average molecular weight is 350 g/mol. The molecule has 2 aromatic rings. The first kappa shape index (κ1) is 18.2. The summed E-state index contributed by atoms with van der Waals surface area (Å²) in [5, 5.41) is 4.25. The molecule has 26 heavy (non-hydrogen) atoms. The Labute approximate surface area is 155 Å². The van der Waals surface area contributed by atoms with Crippen LogP contribution >= 0.6 is 0 Å². The fraction of sp³-hybridized carbons (Fsp3) is 0.364. The lowest BCUT2D eigenvalue weighted by Crippen LogP contribution is -2.19. The molecule has 0 atom stereocenters. The Balaban J connectivity index is 1.61. The second-order valence-electron chi connectivity index (χ2n) is 7.01. The van der Waals surface area contributed by atoms with Crippen LogP contribution in [-0.2, 0) is 0 Å². The summed E-state index contributed by atoms with van der Waals surface area (Å²) in [6.07, 6.45) is 5.04. The summed E-state index contributed by atoms with van der Waals surface area (Å²) in [7, 11) is 0. The van der Waals surface area contributed by atoms with Crippen molar-refractivity contribution in [1.29, 1.82) is 0 Å². The van der Waals surface area contributed by atoms with E-state index in [4.69, 9.17) is 4.74 Å². The van der Waals surface area contributed by atoms with Gasteiger partial charge in [0.1, 0.15) is 5.75 Å². The number of nitrogens with one attached hydrogen (secondary N) is 1. The van der Waals surface area contributed by atoms with E-state index < -0.39 is 0 Å². The van der Waals surface area contributed by atoms with Gasteiger partial charge in [-0.25, -0.2) is 5.43 Å². The van der Waals surface area contributed by atoms with Gasteiger partial charge in [-0.1, -0.05) is 23.8 Å². The summed E-state index contributed by atoms with van der Waals surface area (Å²) in [6.45, 7) is 6.01. The molecule has 0 radical (unpaired) electrons. The van der Waals surface area contributed by atoms with E-state index in [1.807, 2.05) is 38.1 Å². The first-order chi connectivity index (χ1) is 12.5. The molecule has 2 aromatic carbocycles. The van der Waals surface area contributed by atoms with Crippen LogP contribution in [0.25, 0.3) is 0 Å². The van der Waals surface area contributed by atoms with Gasteiger partial charge in [-0.15, -0.1) is 0 Å². The van der Waals surface area contributed by atoms with Crippen molar-refractivity contribution in [3.8, 4) is 5.75 Å². The third-order valence-electron chi connectivity index (χ3n) is 4.82. The smallest absolute Gasteiger partial charge is 0.271 e. The van der Waals surface area contributed by atoms with Crippen LogP contribution < -0.4 is 10.2 Å². The van der Waals surface area contributed by atoms with Crippen molar-refractivity contribution < 1.29 is 9.53 Å². The molecule has 0 aromatic heterocycles. The molecule has 3 rings (SSSR count). The van der Waals surface area contributed by atoms with Gasteiger partial charge >= 0.3 is 0 Å². The van der Waals surface area contributed by atoms with Crippen LogP contribution in [0, 0.1) is 13.8 Å². The summed E-state index contributed by atoms with van der Waals surface area (Å²) in [5.74, 6) is 0.602. The van der Waals surface area contributed by atoms with Crippen molar-refractivity contribution in [2.24, 2.45) is 5.10 Å². The van der Waals surface area contributed by atoms with Crippen LogP contribution in [-0.4, -0.2) is 17.7 Å². The van der Waals surface area contributed by atoms with Crippen LogP contribution in [0.4, 0.5) is 0 Å². The summed E-state index contributed by atoms with van der Waals surface area (Å²) in [5.41, 5.74) is 7.40. The number of carbonyl (C=O) groups excluding carboxylic acids is 1. The van der Waals surface area contributed by atoms with Gasteiger partial charge in [0.15, 0.2) is 0 Å². The number of ether oxygens (including phenoxy) is 1. The van der Waals surface area contributed by atoms with Crippen LogP contribution in [0.15, 0.2) is 47.6 Å². The Morgan fingerprint density at radius 2 is 1.77 bits per heavy atom. The highest BCUT2D eigenvalue weighted by Crippen LogP contribution is 2.24. The standard InChI is InChI=1S/C22H26N2O2/c1-15-8-13-21(16(2)14-15)17(3)23-24-22(25)18-9-11-20(12-10-18)26-19-6-4-5-7-19/h8-14,19H,4-7H2,1-3H3,(H,24,25)/b23-17-. The highest BCUT2D eigenvalue weighted by atomic mass is 16.5. The molecule has 1 N–H and O–H groups in total. The third kappa shape index (κ3) is 4.51. The van der Waals surface area contributed by atoms with Gasteiger partial charge < -0.3 is 4.74 Å². The molecule has 1 fully saturated rings. The van der Waals surface area contributed by atoms with Crippen LogP contribution in [0.2, 0.25) is 0 Å². The molecular formula is C22H26N2O2. The van der Waals surface area contributed by atoms with Gasteiger partial charge in [0.2, 0.25) is 0 Å². The van der Waals surface area contributed by atoms with Gasteiger partial charge in [0.25, 0.3) is 5.91 Å². The number of carbonyl (C=O) groups is 1. The lowest BCUT2D eigenvalue weighted by atomic mass is 10.0. The number of aryl methyl sites for hydroxylation is 2. The topological polar surface area (TPSA) is 50.7 Å². The quantitative estimate of drug-likeness (QED) is 0.623. The number of hydrogen-bond donors (Lipinski definition) is 1. The number of amides is 1. The molecule has 0 bridgehead atoms. The summed E-state index contributed by atoms with van der Waals surface area (Å²) >= 11 is 0. The Bertz CT molecular complexity index is 803. The molecule has 0 spiro atoms. The number of nitrogens with zero attached hydrogens (tertiary/aromatic N) is 1. The van der Waals surface area contributed by atoms with Crippen LogP contribution in [0.3, 0.4) is 0 Å². The van der Waals surface area contributed by atoms with Crippen molar-refractivity contribution in [1.82, 2.24) is 5.43 Å². The first-order valence-corrected chi connectivity index (χ1v) is 9.22. The number of benzene rings is 2. The monoisotopic (exact) mass is 350 g/mol. The normalized spacial score (nSPS) is 15.1. The Hall–Kier alpha value is -2.62. The molecule has 1 aliphatic rings. The van der Waals surface area contributed by atoms with Crippen LogP contribution in [0.1, 0.15) is 59.7 Å². The number of hydrazone groups is 1. The lowest BCUT2D eigenvalue weighted by molar-refractivity contribution is 0.0955. The van der Waals surface area contributed by atoms with Gasteiger partial charge in [0, 0.05) is 11.1 Å². The molecule has 1 aliphatic carbocycles. The van der Waals surface area contributed by atoms with E-state index >= 15 is 0 Å². The molecular weight excluding hydrogens is 324 g/mol. The molecule has 0 heterocycles. The predicted octanol–water partition coefficient (Wildman–Crippen LogP) is 4.78. The second kappa shape index (κ2) is 8.17. The van der Waals surface area contributed by atoms with E-state index in [2.05, 4.69) is 23.5 Å². The van der Waals surface area contributed by atoms with E-state index in [0.29, 0.717) is 11.7 Å². The third-order valence-corrected chi connectivity index (χ3v) is 4.82. The van der Waals surface area contributed by atoms with Crippen molar-refractivity contribution in [3.05, 3.63) is 64.7 Å². The summed E-state index contributed by atoms with van der Waals surface area (Å²) in [6, 6.07) is 13.5. The zero-order chi connectivity index (χ0) is 18.5. The minimum Gasteiger partial charge on any atom is -0.490 e. The Kier molecular flexibility index (Phi) is 5.71. The molecule has 0 aliphatic heterocycles. The summed E-state index contributed by atoms with van der Waals surface area (Å²) < 4.78 is 5.93. The highest BCUT2D eigenvalue weighted by Gasteiger charge is 2.16. The number of rotatable bonds is 5. The SMILES string of the molecule is C/C(=N/NC(=O)c1ccc(OC2CCCC2)cc1)c1ccc(C)cc1C.